The van der Waals surface area contributed by atoms with Crippen LogP contribution >= 0.6 is 11.8 Å². The van der Waals surface area contributed by atoms with Gasteiger partial charge in [-0.3, -0.25) is 4.99 Å². The van der Waals surface area contributed by atoms with E-state index in [2.05, 4.69) is 4.99 Å². The number of rotatable bonds is 4. The van der Waals surface area contributed by atoms with E-state index >= 15 is 0 Å². The normalized spacial score (nSPS) is 18.6. The maximum absolute atomic E-state index is 10.8. The smallest absolute Gasteiger partial charge is 0.329 e. The van der Waals surface area contributed by atoms with Crippen molar-refractivity contribution in [2.75, 3.05) is 24.7 Å². The van der Waals surface area contributed by atoms with E-state index in [1.165, 1.54) is 11.8 Å². The zero-order valence-corrected chi connectivity index (χ0v) is 11.7. The molecule has 1 aliphatic rings. The molecule has 19 heavy (non-hydrogen) atoms. The van der Waals surface area contributed by atoms with E-state index in [9.17, 15) is 4.79 Å². The number of nitrogens with zero attached hydrogens (tertiary/aromatic N) is 2. The Morgan fingerprint density at radius 1 is 1.37 bits per heavy atom. The van der Waals surface area contributed by atoms with Gasteiger partial charge in [-0.1, -0.05) is 18.2 Å². The molecule has 1 heterocycles. The van der Waals surface area contributed by atoms with E-state index in [1.54, 1.807) is 0 Å². The first-order valence-corrected chi connectivity index (χ1v) is 6.93. The van der Waals surface area contributed by atoms with Crippen LogP contribution in [-0.4, -0.2) is 42.0 Å². The number of aliphatic imine (C=N–C) groups is 1. The highest BCUT2D eigenvalue weighted by Crippen LogP contribution is 2.20. The molecule has 1 aromatic carbocycles. The first kappa shape index (κ1) is 13.7. The van der Waals surface area contributed by atoms with E-state index in [-0.39, 0.29) is 0 Å². The molecule has 4 nitrogen and oxygen atoms in total. The second kappa shape index (κ2) is 5.93. The molecule has 0 radical (unpaired) electrons. The van der Waals surface area contributed by atoms with Gasteiger partial charge in [0.15, 0.2) is 6.04 Å². The molecule has 1 N–H and O–H groups in total. The number of thioether (sulfide) groups is 1. The maximum atomic E-state index is 10.8. The van der Waals surface area contributed by atoms with Crippen LogP contribution in [0.5, 0.6) is 0 Å². The third-order valence-corrected chi connectivity index (χ3v) is 3.80. The van der Waals surface area contributed by atoms with Crippen molar-refractivity contribution >= 4 is 34.5 Å². The predicted octanol–water partition coefficient (Wildman–Crippen LogP) is 2.36. The molecular weight excluding hydrogens is 260 g/mol. The fraction of sp³-hybridized carbons (Fsp3) is 0.286. The molecule has 5 heteroatoms. The lowest BCUT2D eigenvalue weighted by molar-refractivity contribution is -0.137. The molecule has 0 unspecified atom stereocenters. The summed E-state index contributed by atoms with van der Waals surface area (Å²) in [5.74, 6) is -0.333. The van der Waals surface area contributed by atoms with Gasteiger partial charge in [-0.2, -0.15) is 0 Å². The van der Waals surface area contributed by atoms with Crippen molar-refractivity contribution in [3.8, 4) is 0 Å². The molecule has 0 aromatic heterocycles. The zero-order valence-electron chi connectivity index (χ0n) is 10.9. The Kier molecular flexibility index (Phi) is 4.27. The molecule has 0 saturated heterocycles. The molecule has 0 fully saturated rings. The Morgan fingerprint density at radius 3 is 2.58 bits per heavy atom. The minimum absolute atomic E-state index is 0.522. The SMILES string of the molecule is CN(C)c1ccc(/C=C/C2=N[C@@H](C(=O)O)CS2)cc1. The maximum Gasteiger partial charge on any atom is 0.329 e. The van der Waals surface area contributed by atoms with Gasteiger partial charge in [0.05, 0.1) is 5.04 Å². The molecule has 2 rings (SSSR count). The number of carboxylic acids is 1. The second-order valence-corrected chi connectivity index (χ2v) is 5.49. The number of carboxylic acid groups (broad SMARTS) is 1. The molecule has 0 aliphatic carbocycles. The zero-order chi connectivity index (χ0) is 13.8. The van der Waals surface area contributed by atoms with Crippen LogP contribution in [0.4, 0.5) is 5.69 Å². The number of carbonyl (C=O) groups is 1. The summed E-state index contributed by atoms with van der Waals surface area (Å²) in [6, 6.07) is 7.55. The largest absolute Gasteiger partial charge is 0.480 e. The van der Waals surface area contributed by atoms with Crippen LogP contribution in [0, 0.1) is 0 Å². The molecule has 1 atom stereocenters. The second-order valence-electron chi connectivity index (χ2n) is 4.45. The van der Waals surface area contributed by atoms with Crippen molar-refractivity contribution < 1.29 is 9.90 Å². The van der Waals surface area contributed by atoms with Gasteiger partial charge in [0.1, 0.15) is 0 Å². The molecule has 1 aromatic rings. The van der Waals surface area contributed by atoms with Gasteiger partial charge < -0.3 is 10.0 Å². The van der Waals surface area contributed by atoms with E-state index in [4.69, 9.17) is 5.11 Å². The highest BCUT2D eigenvalue weighted by Gasteiger charge is 2.22. The summed E-state index contributed by atoms with van der Waals surface area (Å²) >= 11 is 1.48. The van der Waals surface area contributed by atoms with Crippen LogP contribution in [0.1, 0.15) is 5.56 Å². The fourth-order valence-corrected chi connectivity index (χ4v) is 2.57. The standard InChI is InChI=1S/C14H16N2O2S/c1-16(2)11-6-3-10(4-7-11)5-8-13-15-12(9-19-13)14(17)18/h3-8,12H,9H2,1-2H3,(H,17,18)/b8-5+/t12-/m1/s1. The Balaban J connectivity index is 2.03. The third kappa shape index (κ3) is 3.61. The lowest BCUT2D eigenvalue weighted by Crippen LogP contribution is -2.16. The van der Waals surface area contributed by atoms with Gasteiger partial charge >= 0.3 is 5.97 Å². The number of hydrogen-bond acceptors (Lipinski definition) is 4. The topological polar surface area (TPSA) is 52.9 Å². The Morgan fingerprint density at radius 2 is 2.05 bits per heavy atom. The molecule has 0 spiro atoms. The van der Waals surface area contributed by atoms with Gasteiger partial charge in [-0.25, -0.2) is 4.79 Å². The highest BCUT2D eigenvalue weighted by atomic mass is 32.2. The van der Waals surface area contributed by atoms with Gasteiger partial charge in [-0.15, -0.1) is 11.8 Å². The van der Waals surface area contributed by atoms with E-state index in [0.29, 0.717) is 5.75 Å². The number of benzene rings is 1. The Hall–Kier alpha value is -1.75. The molecule has 1 aliphatic heterocycles. The van der Waals surface area contributed by atoms with Crippen molar-refractivity contribution in [3.05, 3.63) is 35.9 Å². The lowest BCUT2D eigenvalue weighted by Gasteiger charge is -2.11. The van der Waals surface area contributed by atoms with E-state index < -0.39 is 12.0 Å². The first-order chi connectivity index (χ1) is 9.06. The van der Waals surface area contributed by atoms with Crippen molar-refractivity contribution in [1.29, 1.82) is 0 Å². The van der Waals surface area contributed by atoms with Gasteiger partial charge in [0.25, 0.3) is 0 Å². The predicted molar refractivity (Wildman–Crippen MR) is 81.1 cm³/mol. The monoisotopic (exact) mass is 276 g/mol. The fourth-order valence-electron chi connectivity index (χ4n) is 1.66. The van der Waals surface area contributed by atoms with Crippen molar-refractivity contribution in [1.82, 2.24) is 0 Å². The van der Waals surface area contributed by atoms with Crippen molar-refractivity contribution in [3.63, 3.8) is 0 Å². The van der Waals surface area contributed by atoms with Crippen LogP contribution in [-0.2, 0) is 4.79 Å². The minimum Gasteiger partial charge on any atom is -0.480 e. The van der Waals surface area contributed by atoms with Crippen LogP contribution < -0.4 is 4.90 Å². The van der Waals surface area contributed by atoms with Gasteiger partial charge in [0.2, 0.25) is 0 Å². The Bertz CT molecular complexity index is 521. The van der Waals surface area contributed by atoms with Crippen molar-refractivity contribution in [2.45, 2.75) is 6.04 Å². The average molecular weight is 276 g/mol. The number of anilines is 1. The van der Waals surface area contributed by atoms with Crippen LogP contribution in [0.25, 0.3) is 6.08 Å². The summed E-state index contributed by atoms with van der Waals surface area (Å²) in [6.45, 7) is 0. The number of aliphatic carboxylic acids is 1. The summed E-state index contributed by atoms with van der Waals surface area (Å²) in [5.41, 5.74) is 2.23. The summed E-state index contributed by atoms with van der Waals surface area (Å²) < 4.78 is 0. The average Bonchev–Trinajstić information content (AvgIpc) is 2.86. The van der Waals surface area contributed by atoms with Crippen LogP contribution in [0.3, 0.4) is 0 Å². The summed E-state index contributed by atoms with van der Waals surface area (Å²) in [4.78, 5) is 17.0. The summed E-state index contributed by atoms with van der Waals surface area (Å²) in [5, 5.41) is 9.63. The molecular formula is C14H16N2O2S. The molecule has 0 bridgehead atoms. The quantitative estimate of drug-likeness (QED) is 0.917. The summed E-state index contributed by atoms with van der Waals surface area (Å²) in [6.07, 6.45) is 3.83. The molecule has 0 saturated carbocycles. The van der Waals surface area contributed by atoms with Crippen LogP contribution in [0.15, 0.2) is 35.3 Å². The molecule has 100 valence electrons. The first-order valence-electron chi connectivity index (χ1n) is 5.95. The van der Waals surface area contributed by atoms with Gasteiger partial charge in [-0.05, 0) is 23.8 Å². The van der Waals surface area contributed by atoms with Crippen LogP contribution in [0.2, 0.25) is 0 Å². The lowest BCUT2D eigenvalue weighted by atomic mass is 10.2. The summed E-state index contributed by atoms with van der Waals surface area (Å²) in [7, 11) is 4.00. The Labute approximate surface area is 116 Å². The van der Waals surface area contributed by atoms with E-state index in [0.717, 1.165) is 16.3 Å². The molecule has 0 amide bonds. The third-order valence-electron chi connectivity index (χ3n) is 2.79. The van der Waals surface area contributed by atoms with Crippen molar-refractivity contribution in [2.24, 2.45) is 4.99 Å². The highest BCUT2D eigenvalue weighted by molar-refractivity contribution is 8.14. The van der Waals surface area contributed by atoms with Gasteiger partial charge in [0, 0.05) is 25.5 Å². The number of hydrogen-bond donors (Lipinski definition) is 1. The minimum atomic E-state index is -0.855. The van der Waals surface area contributed by atoms with E-state index in [1.807, 2.05) is 55.4 Å².